The van der Waals surface area contributed by atoms with E-state index < -0.39 is 11.9 Å². The lowest BCUT2D eigenvalue weighted by molar-refractivity contribution is -0.117. The van der Waals surface area contributed by atoms with Crippen molar-refractivity contribution in [3.63, 3.8) is 0 Å². The second-order valence-corrected chi connectivity index (χ2v) is 7.25. The van der Waals surface area contributed by atoms with Gasteiger partial charge in [0, 0.05) is 24.8 Å². The van der Waals surface area contributed by atoms with Crippen molar-refractivity contribution in [1.82, 2.24) is 9.80 Å². The molecule has 8 nitrogen and oxygen atoms in total. The highest BCUT2D eigenvalue weighted by Crippen LogP contribution is 2.21. The fourth-order valence-corrected chi connectivity index (χ4v) is 3.94. The number of ether oxygens (including phenoxy) is 2. The van der Waals surface area contributed by atoms with Crippen LogP contribution in [0.5, 0.6) is 0 Å². The van der Waals surface area contributed by atoms with Crippen molar-refractivity contribution < 1.29 is 23.9 Å². The van der Waals surface area contributed by atoms with Crippen molar-refractivity contribution >= 4 is 23.5 Å². The summed E-state index contributed by atoms with van der Waals surface area (Å²) in [4.78, 5) is 40.9. The quantitative estimate of drug-likeness (QED) is 0.735. The van der Waals surface area contributed by atoms with Crippen LogP contribution in [0.1, 0.15) is 40.0 Å². The lowest BCUT2D eigenvalue weighted by atomic mass is 10.1. The fraction of sp³-hybridized carbons (Fsp3) is 0.550. The molecule has 1 aromatic carbocycles. The van der Waals surface area contributed by atoms with E-state index in [1.165, 1.54) is 45.3 Å². The summed E-state index contributed by atoms with van der Waals surface area (Å²) in [6.07, 6.45) is 3.60. The molecule has 0 bridgehead atoms. The van der Waals surface area contributed by atoms with Crippen LogP contribution in [0.25, 0.3) is 0 Å². The third-order valence-corrected chi connectivity index (χ3v) is 5.33. The zero-order valence-corrected chi connectivity index (χ0v) is 16.4. The Kier molecular flexibility index (Phi) is 6.64. The van der Waals surface area contributed by atoms with Gasteiger partial charge in [-0.3, -0.25) is 14.6 Å². The molecule has 1 amide bonds. The van der Waals surface area contributed by atoms with E-state index in [0.29, 0.717) is 11.7 Å². The number of hydrogen-bond acceptors (Lipinski definition) is 7. The van der Waals surface area contributed by atoms with Gasteiger partial charge in [-0.1, -0.05) is 0 Å². The first-order valence-electron chi connectivity index (χ1n) is 9.58. The maximum Gasteiger partial charge on any atom is 0.337 e. The molecule has 0 spiro atoms. The summed E-state index contributed by atoms with van der Waals surface area (Å²) in [6, 6.07) is 4.90. The standard InChI is InChI=1S/C20H27N3O5/c1-27-19(25)14-9-15(20(26)28-2)11-16(10-14)21-18(24)13-22-8-5-17(12-22)23-6-3-4-7-23/h9-11,17H,3-8,12-13H2,1-2H3,(H,21,24). The van der Waals surface area contributed by atoms with E-state index in [0.717, 1.165) is 32.6 Å². The van der Waals surface area contributed by atoms with E-state index in [-0.39, 0.29) is 23.6 Å². The number of anilines is 1. The van der Waals surface area contributed by atoms with Gasteiger partial charge in [0.15, 0.2) is 0 Å². The third kappa shape index (κ3) is 4.88. The number of amides is 1. The van der Waals surface area contributed by atoms with Gasteiger partial charge in [0.05, 0.1) is 31.9 Å². The van der Waals surface area contributed by atoms with Crippen molar-refractivity contribution in [2.45, 2.75) is 25.3 Å². The van der Waals surface area contributed by atoms with Crippen LogP contribution in [0.4, 0.5) is 5.69 Å². The normalized spacial score (nSPS) is 20.1. The number of carbonyl (C=O) groups excluding carboxylic acids is 3. The smallest absolute Gasteiger partial charge is 0.337 e. The molecule has 8 heteroatoms. The number of nitrogens with zero attached hydrogens (tertiary/aromatic N) is 2. The van der Waals surface area contributed by atoms with Crippen molar-refractivity contribution in [3.05, 3.63) is 29.3 Å². The highest BCUT2D eigenvalue weighted by molar-refractivity contribution is 5.99. The van der Waals surface area contributed by atoms with Crippen molar-refractivity contribution in [3.8, 4) is 0 Å². The van der Waals surface area contributed by atoms with Crippen LogP contribution in [0.3, 0.4) is 0 Å². The van der Waals surface area contributed by atoms with Crippen LogP contribution < -0.4 is 5.32 Å². The zero-order valence-electron chi connectivity index (χ0n) is 16.4. The molecule has 152 valence electrons. The monoisotopic (exact) mass is 389 g/mol. The molecule has 1 unspecified atom stereocenters. The topological polar surface area (TPSA) is 88.2 Å². The van der Waals surface area contributed by atoms with Crippen molar-refractivity contribution in [1.29, 1.82) is 0 Å². The molecule has 2 aliphatic rings. The van der Waals surface area contributed by atoms with Crippen LogP contribution in [0, 0.1) is 0 Å². The van der Waals surface area contributed by atoms with Gasteiger partial charge >= 0.3 is 11.9 Å². The molecule has 0 aliphatic carbocycles. The lowest BCUT2D eigenvalue weighted by Crippen LogP contribution is -2.37. The number of esters is 2. The number of methoxy groups -OCH3 is 2. The minimum Gasteiger partial charge on any atom is -0.465 e. The summed E-state index contributed by atoms with van der Waals surface area (Å²) in [6.45, 7) is 4.37. The zero-order chi connectivity index (χ0) is 20.1. The number of likely N-dealkylation sites (tertiary alicyclic amines) is 2. The molecule has 0 saturated carbocycles. The molecular formula is C20H27N3O5. The number of benzene rings is 1. The average molecular weight is 389 g/mol. The summed E-state index contributed by atoms with van der Waals surface area (Å²) in [5.41, 5.74) is 0.718. The van der Waals surface area contributed by atoms with Gasteiger partial charge in [-0.15, -0.1) is 0 Å². The third-order valence-electron chi connectivity index (χ3n) is 5.33. The first-order chi connectivity index (χ1) is 13.5. The summed E-state index contributed by atoms with van der Waals surface area (Å²) in [5, 5.41) is 2.78. The predicted molar refractivity (Wildman–Crippen MR) is 103 cm³/mol. The number of rotatable bonds is 6. The fourth-order valence-electron chi connectivity index (χ4n) is 3.94. The van der Waals surface area contributed by atoms with E-state index >= 15 is 0 Å². The van der Waals surface area contributed by atoms with Gasteiger partial charge in [-0.05, 0) is 50.6 Å². The van der Waals surface area contributed by atoms with Gasteiger partial charge in [0.25, 0.3) is 0 Å². The highest BCUT2D eigenvalue weighted by atomic mass is 16.5. The second-order valence-electron chi connectivity index (χ2n) is 7.25. The van der Waals surface area contributed by atoms with E-state index in [9.17, 15) is 14.4 Å². The number of hydrogen-bond donors (Lipinski definition) is 1. The Morgan fingerprint density at radius 2 is 1.61 bits per heavy atom. The second kappa shape index (κ2) is 9.16. The summed E-state index contributed by atoms with van der Waals surface area (Å²) in [5.74, 6) is -1.36. The van der Waals surface area contributed by atoms with E-state index in [4.69, 9.17) is 9.47 Å². The molecule has 1 N–H and O–H groups in total. The maximum atomic E-state index is 12.5. The van der Waals surface area contributed by atoms with Crippen molar-refractivity contribution in [2.24, 2.45) is 0 Å². The van der Waals surface area contributed by atoms with Gasteiger partial charge in [-0.2, -0.15) is 0 Å². The van der Waals surface area contributed by atoms with E-state index in [1.807, 2.05) is 0 Å². The van der Waals surface area contributed by atoms with Gasteiger partial charge in [0.1, 0.15) is 0 Å². The molecule has 1 aromatic rings. The van der Waals surface area contributed by atoms with E-state index in [1.54, 1.807) is 0 Å². The van der Waals surface area contributed by atoms with Crippen LogP contribution in [0.15, 0.2) is 18.2 Å². The molecule has 1 atom stereocenters. The maximum absolute atomic E-state index is 12.5. The largest absolute Gasteiger partial charge is 0.465 e. The molecule has 2 aliphatic heterocycles. The minimum atomic E-state index is -0.589. The number of nitrogens with one attached hydrogen (secondary N) is 1. The Morgan fingerprint density at radius 3 is 2.18 bits per heavy atom. The highest BCUT2D eigenvalue weighted by Gasteiger charge is 2.30. The van der Waals surface area contributed by atoms with Gasteiger partial charge in [0.2, 0.25) is 5.91 Å². The molecule has 2 fully saturated rings. The Hall–Kier alpha value is -2.45. The Labute approximate surface area is 164 Å². The SMILES string of the molecule is COC(=O)c1cc(NC(=O)CN2CCC(N3CCCC3)C2)cc(C(=O)OC)c1. The first-order valence-corrected chi connectivity index (χ1v) is 9.58. The first kappa shape index (κ1) is 20.3. The lowest BCUT2D eigenvalue weighted by Gasteiger charge is -2.23. The average Bonchev–Trinajstić information content (AvgIpc) is 3.38. The molecular weight excluding hydrogens is 362 g/mol. The minimum absolute atomic E-state index is 0.177. The number of carbonyl (C=O) groups is 3. The molecule has 2 saturated heterocycles. The van der Waals surface area contributed by atoms with E-state index in [2.05, 4.69) is 15.1 Å². The Bertz CT molecular complexity index is 711. The van der Waals surface area contributed by atoms with Crippen LogP contribution in [0.2, 0.25) is 0 Å². The summed E-state index contributed by atoms with van der Waals surface area (Å²) >= 11 is 0. The van der Waals surface area contributed by atoms with Crippen molar-refractivity contribution in [2.75, 3.05) is 52.3 Å². The van der Waals surface area contributed by atoms with Gasteiger partial charge in [-0.25, -0.2) is 9.59 Å². The Balaban J connectivity index is 1.62. The Morgan fingerprint density at radius 1 is 1.00 bits per heavy atom. The molecule has 3 rings (SSSR count). The van der Waals surface area contributed by atoms with Crippen LogP contribution >= 0.6 is 0 Å². The van der Waals surface area contributed by atoms with Crippen LogP contribution in [-0.4, -0.2) is 80.6 Å². The van der Waals surface area contributed by atoms with Crippen LogP contribution in [-0.2, 0) is 14.3 Å². The summed E-state index contributed by atoms with van der Waals surface area (Å²) < 4.78 is 9.43. The molecule has 0 radical (unpaired) electrons. The molecule has 0 aromatic heterocycles. The van der Waals surface area contributed by atoms with Gasteiger partial charge < -0.3 is 14.8 Å². The predicted octanol–water partition coefficient (Wildman–Crippen LogP) is 1.37. The molecule has 28 heavy (non-hydrogen) atoms. The summed E-state index contributed by atoms with van der Waals surface area (Å²) in [7, 11) is 2.52. The molecule has 2 heterocycles.